The summed E-state index contributed by atoms with van der Waals surface area (Å²) in [6.45, 7) is 1.62. The number of methoxy groups -OCH3 is 1. The smallest absolute Gasteiger partial charge is 0.251 e. The molecule has 32 heavy (non-hydrogen) atoms. The topological polar surface area (TPSA) is 65.4 Å². The number of benzene rings is 3. The van der Waals surface area contributed by atoms with Crippen molar-refractivity contribution in [3.05, 3.63) is 89.2 Å². The summed E-state index contributed by atoms with van der Waals surface area (Å²) < 4.78 is 13.2. The summed E-state index contributed by atoms with van der Waals surface area (Å²) >= 11 is 5.91. The van der Waals surface area contributed by atoms with Crippen LogP contribution in [0.5, 0.6) is 11.5 Å². The number of nitrogens with zero attached hydrogens (tertiary/aromatic N) is 2. The van der Waals surface area contributed by atoms with Gasteiger partial charge in [-0.25, -0.2) is 4.98 Å². The molecule has 4 rings (SSSR count). The van der Waals surface area contributed by atoms with Crippen molar-refractivity contribution in [2.24, 2.45) is 0 Å². The average Bonchev–Trinajstić information content (AvgIpc) is 3.18. The van der Waals surface area contributed by atoms with Gasteiger partial charge in [-0.3, -0.25) is 4.79 Å². The van der Waals surface area contributed by atoms with Gasteiger partial charge in [0.2, 0.25) is 0 Å². The normalized spacial score (nSPS) is 10.8. The highest BCUT2D eigenvalue weighted by molar-refractivity contribution is 6.30. The summed E-state index contributed by atoms with van der Waals surface area (Å²) in [5.41, 5.74) is 2.50. The minimum Gasteiger partial charge on any atom is -0.497 e. The lowest BCUT2D eigenvalue weighted by Crippen LogP contribution is -2.25. The molecule has 0 bridgehead atoms. The van der Waals surface area contributed by atoms with Crippen molar-refractivity contribution < 1.29 is 14.3 Å². The largest absolute Gasteiger partial charge is 0.497 e. The predicted octanol–water partition coefficient (Wildman–Crippen LogP) is 5.10. The maximum Gasteiger partial charge on any atom is 0.251 e. The number of fused-ring (bicyclic) bond motifs is 1. The number of amides is 1. The fourth-order valence-corrected chi connectivity index (χ4v) is 3.58. The summed E-state index contributed by atoms with van der Waals surface area (Å²) in [6.07, 6.45) is 0.796. The average molecular weight is 450 g/mol. The number of hydrogen-bond acceptors (Lipinski definition) is 4. The van der Waals surface area contributed by atoms with Gasteiger partial charge in [0.15, 0.2) is 0 Å². The lowest BCUT2D eigenvalue weighted by molar-refractivity contribution is 0.0949. The summed E-state index contributed by atoms with van der Waals surface area (Å²) in [7, 11) is 1.64. The number of aryl methyl sites for hydroxylation is 1. The first-order valence-electron chi connectivity index (χ1n) is 10.4. The number of aromatic nitrogens is 2. The van der Waals surface area contributed by atoms with Crippen molar-refractivity contribution in [2.45, 2.75) is 19.5 Å². The van der Waals surface area contributed by atoms with Crippen molar-refractivity contribution in [1.82, 2.24) is 14.9 Å². The van der Waals surface area contributed by atoms with E-state index in [0.717, 1.165) is 41.3 Å². The first-order valence-corrected chi connectivity index (χ1v) is 10.8. The first kappa shape index (κ1) is 21.7. The Hall–Kier alpha value is -3.51. The quantitative estimate of drug-likeness (QED) is 0.361. The lowest BCUT2D eigenvalue weighted by Gasteiger charge is -2.11. The Kier molecular flexibility index (Phi) is 6.92. The zero-order valence-corrected chi connectivity index (χ0v) is 18.5. The third-order valence-corrected chi connectivity index (χ3v) is 5.35. The number of hydrogen-bond donors (Lipinski definition) is 1. The zero-order chi connectivity index (χ0) is 22.3. The molecule has 0 radical (unpaired) electrons. The third-order valence-electron chi connectivity index (χ3n) is 5.10. The standard InChI is InChI=1S/C25H24ClN3O3/c1-31-20-11-13-21(14-12-20)32-16-4-15-29-23-6-3-2-5-22(23)28-24(29)17-27-25(30)18-7-9-19(26)10-8-18/h2-3,5-14H,4,15-17H2,1H3,(H,27,30). The molecule has 1 amide bonds. The van der Waals surface area contributed by atoms with E-state index in [-0.39, 0.29) is 5.91 Å². The Morgan fingerprint density at radius 2 is 1.72 bits per heavy atom. The van der Waals surface area contributed by atoms with Gasteiger partial charge in [-0.2, -0.15) is 0 Å². The number of para-hydroxylation sites is 2. The van der Waals surface area contributed by atoms with Gasteiger partial charge in [0, 0.05) is 17.1 Å². The molecule has 0 saturated heterocycles. The minimum atomic E-state index is -0.164. The second-order valence-corrected chi connectivity index (χ2v) is 7.67. The Balaban J connectivity index is 1.40. The van der Waals surface area contributed by atoms with Crippen molar-refractivity contribution in [2.75, 3.05) is 13.7 Å². The zero-order valence-electron chi connectivity index (χ0n) is 17.8. The van der Waals surface area contributed by atoms with E-state index in [1.165, 1.54) is 0 Å². The van der Waals surface area contributed by atoms with Crippen molar-refractivity contribution in [3.63, 3.8) is 0 Å². The van der Waals surface area contributed by atoms with Crippen molar-refractivity contribution >= 4 is 28.5 Å². The number of nitrogens with one attached hydrogen (secondary N) is 1. The monoisotopic (exact) mass is 449 g/mol. The molecule has 1 aromatic heterocycles. The van der Waals surface area contributed by atoms with Crippen LogP contribution in [0, 0.1) is 0 Å². The minimum absolute atomic E-state index is 0.164. The van der Waals surface area contributed by atoms with Crippen LogP contribution in [0.15, 0.2) is 72.8 Å². The number of carbonyl (C=O) groups is 1. The molecule has 0 aliphatic heterocycles. The van der Waals surface area contributed by atoms with Crippen LogP contribution in [0.4, 0.5) is 0 Å². The van der Waals surface area contributed by atoms with E-state index >= 15 is 0 Å². The van der Waals surface area contributed by atoms with Crippen LogP contribution < -0.4 is 14.8 Å². The van der Waals surface area contributed by atoms with Crippen LogP contribution in [0.3, 0.4) is 0 Å². The van der Waals surface area contributed by atoms with Gasteiger partial charge in [0.1, 0.15) is 17.3 Å². The van der Waals surface area contributed by atoms with Crippen molar-refractivity contribution in [3.8, 4) is 11.5 Å². The van der Waals surface area contributed by atoms with Crippen LogP contribution >= 0.6 is 11.6 Å². The van der Waals surface area contributed by atoms with E-state index in [1.54, 1.807) is 31.4 Å². The highest BCUT2D eigenvalue weighted by atomic mass is 35.5. The van der Waals surface area contributed by atoms with Crippen molar-refractivity contribution in [1.29, 1.82) is 0 Å². The molecule has 1 heterocycles. The molecular formula is C25H24ClN3O3. The Morgan fingerprint density at radius 3 is 2.47 bits per heavy atom. The van der Waals surface area contributed by atoms with Gasteiger partial charge >= 0.3 is 0 Å². The first-order chi connectivity index (χ1) is 15.6. The van der Waals surface area contributed by atoms with E-state index in [9.17, 15) is 4.79 Å². The maximum atomic E-state index is 12.5. The van der Waals surface area contributed by atoms with E-state index in [4.69, 9.17) is 26.1 Å². The van der Waals surface area contributed by atoms with E-state index in [0.29, 0.717) is 23.7 Å². The van der Waals surface area contributed by atoms with Gasteiger partial charge in [0.25, 0.3) is 5.91 Å². The highest BCUT2D eigenvalue weighted by Gasteiger charge is 2.12. The van der Waals surface area contributed by atoms with Crippen LogP contribution in [0.2, 0.25) is 5.02 Å². The molecule has 3 aromatic carbocycles. The van der Waals surface area contributed by atoms with E-state index < -0.39 is 0 Å². The van der Waals surface area contributed by atoms with Gasteiger partial charge in [0.05, 0.1) is 31.3 Å². The van der Waals surface area contributed by atoms with E-state index in [2.05, 4.69) is 9.88 Å². The third kappa shape index (κ3) is 5.21. The Morgan fingerprint density at radius 1 is 1.00 bits per heavy atom. The number of carbonyl (C=O) groups excluding carboxylic acids is 1. The van der Waals surface area contributed by atoms with E-state index in [1.807, 2.05) is 48.5 Å². The van der Waals surface area contributed by atoms with Crippen LogP contribution in [-0.2, 0) is 13.1 Å². The molecule has 0 saturated carbocycles. The lowest BCUT2D eigenvalue weighted by atomic mass is 10.2. The summed E-state index contributed by atoms with van der Waals surface area (Å²) in [4.78, 5) is 17.2. The molecule has 0 fully saturated rings. The maximum absolute atomic E-state index is 12.5. The molecule has 1 N–H and O–H groups in total. The molecule has 164 valence electrons. The highest BCUT2D eigenvalue weighted by Crippen LogP contribution is 2.19. The molecule has 0 aliphatic carbocycles. The SMILES string of the molecule is COc1ccc(OCCCn2c(CNC(=O)c3ccc(Cl)cc3)nc3ccccc32)cc1. The number of rotatable bonds is 9. The molecule has 6 nitrogen and oxygen atoms in total. The van der Waals surface area contributed by atoms with Gasteiger partial charge in [-0.05, 0) is 67.1 Å². The van der Waals surface area contributed by atoms with Gasteiger partial charge < -0.3 is 19.4 Å². The van der Waals surface area contributed by atoms with Crippen LogP contribution in [-0.4, -0.2) is 29.2 Å². The number of ether oxygens (including phenoxy) is 2. The second kappa shape index (κ2) is 10.2. The van der Waals surface area contributed by atoms with Crippen LogP contribution in [0.25, 0.3) is 11.0 Å². The Bertz CT molecular complexity index is 1190. The molecule has 0 aliphatic rings. The Labute approximate surface area is 191 Å². The second-order valence-electron chi connectivity index (χ2n) is 7.24. The van der Waals surface area contributed by atoms with Gasteiger partial charge in [-0.15, -0.1) is 0 Å². The summed E-state index contributed by atoms with van der Waals surface area (Å²) in [5, 5.41) is 3.55. The molecular weight excluding hydrogens is 426 g/mol. The number of halogens is 1. The van der Waals surface area contributed by atoms with Crippen LogP contribution in [0.1, 0.15) is 22.6 Å². The summed E-state index contributed by atoms with van der Waals surface area (Å²) in [6, 6.07) is 22.3. The molecule has 0 atom stereocenters. The molecule has 0 spiro atoms. The molecule has 4 aromatic rings. The molecule has 0 unspecified atom stereocenters. The number of imidazole rings is 1. The summed E-state index contributed by atoms with van der Waals surface area (Å²) in [5.74, 6) is 2.24. The fourth-order valence-electron chi connectivity index (χ4n) is 3.46. The van der Waals surface area contributed by atoms with Gasteiger partial charge in [-0.1, -0.05) is 23.7 Å². The molecule has 7 heteroatoms. The fraction of sp³-hybridized carbons (Fsp3) is 0.200. The predicted molar refractivity (Wildman–Crippen MR) is 125 cm³/mol.